The number of amides is 1. The summed E-state index contributed by atoms with van der Waals surface area (Å²) >= 11 is 0.430. The van der Waals surface area contributed by atoms with Crippen LogP contribution in [0, 0.1) is 6.92 Å². The highest BCUT2D eigenvalue weighted by Gasteiger charge is 2.24. The van der Waals surface area contributed by atoms with E-state index in [1.54, 1.807) is 0 Å². The van der Waals surface area contributed by atoms with Crippen LogP contribution in [0.3, 0.4) is 0 Å². The minimum Gasteiger partial charge on any atom is -0.452 e. The number of nitrogens with one attached hydrogen (secondary N) is 1. The maximum atomic E-state index is 13.0. The van der Waals surface area contributed by atoms with Crippen LogP contribution >= 0.6 is 11.8 Å². The molecule has 0 spiro atoms. The number of hydrogen-bond acceptors (Lipinski definition) is 5. The number of halogens is 2. The first-order chi connectivity index (χ1) is 15.4. The predicted molar refractivity (Wildman–Crippen MR) is 120 cm³/mol. The molecule has 1 aliphatic rings. The van der Waals surface area contributed by atoms with Crippen molar-refractivity contribution in [1.82, 2.24) is 4.98 Å². The summed E-state index contributed by atoms with van der Waals surface area (Å²) in [7, 11) is 0. The molecule has 4 rings (SSSR count). The van der Waals surface area contributed by atoms with Crippen LogP contribution < -0.4 is 5.32 Å². The topological polar surface area (TPSA) is 68.3 Å². The molecule has 1 aliphatic carbocycles. The molecule has 32 heavy (non-hydrogen) atoms. The summed E-state index contributed by atoms with van der Waals surface area (Å²) in [4.78, 5) is 30.5. The first-order valence-electron chi connectivity index (χ1n) is 10.3. The fraction of sp³-hybridized carbons (Fsp3) is 0.292. The van der Waals surface area contributed by atoms with Gasteiger partial charge < -0.3 is 10.1 Å². The molecule has 0 fully saturated rings. The van der Waals surface area contributed by atoms with Gasteiger partial charge in [0.05, 0.1) is 11.1 Å². The van der Waals surface area contributed by atoms with E-state index in [-0.39, 0.29) is 0 Å². The number of aryl methyl sites for hydroxylation is 2. The summed E-state index contributed by atoms with van der Waals surface area (Å²) in [5, 5.41) is 3.35. The summed E-state index contributed by atoms with van der Waals surface area (Å²) in [6.45, 7) is 1.50. The Kier molecular flexibility index (Phi) is 6.69. The van der Waals surface area contributed by atoms with E-state index in [1.807, 2.05) is 25.1 Å². The van der Waals surface area contributed by atoms with E-state index in [4.69, 9.17) is 9.72 Å². The highest BCUT2D eigenvalue weighted by molar-refractivity contribution is 7.99. The Labute approximate surface area is 188 Å². The van der Waals surface area contributed by atoms with Crippen molar-refractivity contribution in [3.63, 3.8) is 0 Å². The number of aromatic nitrogens is 1. The van der Waals surface area contributed by atoms with Crippen LogP contribution in [-0.2, 0) is 22.4 Å². The van der Waals surface area contributed by atoms with Gasteiger partial charge in [-0.1, -0.05) is 23.4 Å². The number of carbonyl (C=O) groups excluding carboxylic acids is 2. The third-order valence-corrected chi connectivity index (χ3v) is 6.04. The van der Waals surface area contributed by atoms with Crippen molar-refractivity contribution in [1.29, 1.82) is 0 Å². The molecule has 2 aromatic carbocycles. The zero-order valence-corrected chi connectivity index (χ0v) is 18.3. The van der Waals surface area contributed by atoms with E-state index < -0.39 is 24.2 Å². The number of rotatable bonds is 6. The molecule has 0 atom stereocenters. The minimum atomic E-state index is -2.51. The van der Waals surface area contributed by atoms with Gasteiger partial charge in [-0.2, -0.15) is 8.78 Å². The molecular formula is C24H22F2N2O3S. The summed E-state index contributed by atoms with van der Waals surface area (Å²) in [6.07, 6.45) is 3.58. The molecule has 1 heterocycles. The van der Waals surface area contributed by atoms with Gasteiger partial charge in [-0.25, -0.2) is 4.79 Å². The highest BCUT2D eigenvalue weighted by Crippen LogP contribution is 2.30. The van der Waals surface area contributed by atoms with Crippen LogP contribution in [0.25, 0.3) is 10.9 Å². The molecule has 1 amide bonds. The van der Waals surface area contributed by atoms with Gasteiger partial charge in [0.15, 0.2) is 6.61 Å². The van der Waals surface area contributed by atoms with Crippen molar-refractivity contribution in [2.45, 2.75) is 43.3 Å². The second kappa shape index (κ2) is 9.65. The first kappa shape index (κ1) is 22.2. The standard InChI is InChI=1S/C24H22F2N2O3S/c1-14-6-11-20-18(12-14)22(17-4-2-3-5-19(17)28-20)23(30)31-13-21(29)27-15-7-9-16(10-8-15)32-24(25)26/h6-12,24H,2-5,13H2,1H3,(H,27,29). The largest absolute Gasteiger partial charge is 0.452 e. The number of pyridine rings is 1. The molecule has 5 nitrogen and oxygen atoms in total. The van der Waals surface area contributed by atoms with E-state index in [9.17, 15) is 18.4 Å². The number of hydrogen-bond donors (Lipinski definition) is 1. The fourth-order valence-electron chi connectivity index (χ4n) is 3.89. The average Bonchev–Trinajstić information content (AvgIpc) is 2.77. The van der Waals surface area contributed by atoms with E-state index in [0.717, 1.165) is 53.4 Å². The molecule has 0 bridgehead atoms. The van der Waals surface area contributed by atoms with Crippen molar-refractivity contribution in [2.75, 3.05) is 11.9 Å². The molecule has 0 saturated carbocycles. The number of anilines is 1. The Morgan fingerprint density at radius 3 is 2.62 bits per heavy atom. The van der Waals surface area contributed by atoms with Crippen molar-refractivity contribution < 1.29 is 23.1 Å². The van der Waals surface area contributed by atoms with E-state index in [1.165, 1.54) is 24.3 Å². The summed E-state index contributed by atoms with van der Waals surface area (Å²) in [6, 6.07) is 11.8. The van der Waals surface area contributed by atoms with E-state index in [2.05, 4.69) is 5.32 Å². The summed E-state index contributed by atoms with van der Waals surface area (Å²) in [5.74, 6) is -3.55. The average molecular weight is 457 g/mol. The van der Waals surface area contributed by atoms with Gasteiger partial charge in [-0.15, -0.1) is 0 Å². The van der Waals surface area contributed by atoms with Crippen LogP contribution in [0.1, 0.15) is 40.0 Å². The van der Waals surface area contributed by atoms with Crippen LogP contribution in [0.4, 0.5) is 14.5 Å². The predicted octanol–water partition coefficient (Wildman–Crippen LogP) is 5.53. The maximum absolute atomic E-state index is 13.0. The van der Waals surface area contributed by atoms with Crippen molar-refractivity contribution in [3.8, 4) is 0 Å². The number of nitrogens with zero attached hydrogens (tertiary/aromatic N) is 1. The minimum absolute atomic E-state index is 0.397. The molecular weight excluding hydrogens is 434 g/mol. The zero-order valence-electron chi connectivity index (χ0n) is 17.5. The molecule has 0 unspecified atom stereocenters. The highest BCUT2D eigenvalue weighted by atomic mass is 32.2. The maximum Gasteiger partial charge on any atom is 0.339 e. The van der Waals surface area contributed by atoms with Crippen LogP contribution in [0.15, 0.2) is 47.4 Å². The van der Waals surface area contributed by atoms with E-state index >= 15 is 0 Å². The Bertz CT molecular complexity index is 1170. The second-order valence-corrected chi connectivity index (χ2v) is 8.73. The number of ether oxygens (including phenoxy) is 1. The van der Waals surface area contributed by atoms with Gasteiger partial charge in [0.25, 0.3) is 11.7 Å². The Morgan fingerprint density at radius 2 is 1.88 bits per heavy atom. The number of fused-ring (bicyclic) bond motifs is 2. The lowest BCUT2D eigenvalue weighted by Crippen LogP contribution is -2.22. The number of esters is 1. The Balaban J connectivity index is 1.48. The number of benzene rings is 2. The monoisotopic (exact) mass is 456 g/mol. The molecule has 0 aliphatic heterocycles. The molecule has 1 aromatic heterocycles. The molecule has 1 N–H and O–H groups in total. The van der Waals surface area contributed by atoms with Gasteiger partial charge in [0.2, 0.25) is 0 Å². The molecule has 166 valence electrons. The van der Waals surface area contributed by atoms with Gasteiger partial charge >= 0.3 is 5.97 Å². The van der Waals surface area contributed by atoms with Crippen LogP contribution in [0.5, 0.6) is 0 Å². The van der Waals surface area contributed by atoms with Gasteiger partial charge in [-0.05, 0) is 74.6 Å². The molecule has 3 aromatic rings. The lowest BCUT2D eigenvalue weighted by molar-refractivity contribution is -0.119. The summed E-state index contributed by atoms with van der Waals surface area (Å²) in [5.41, 5.74) is 4.52. The Morgan fingerprint density at radius 1 is 1.12 bits per heavy atom. The van der Waals surface area contributed by atoms with Crippen LogP contribution in [-0.4, -0.2) is 29.2 Å². The van der Waals surface area contributed by atoms with Crippen molar-refractivity contribution >= 4 is 40.2 Å². The SMILES string of the molecule is Cc1ccc2nc3c(c(C(=O)OCC(=O)Nc4ccc(SC(F)F)cc4)c2c1)CCCC3. The zero-order chi connectivity index (χ0) is 22.7. The number of alkyl halides is 2. The smallest absolute Gasteiger partial charge is 0.339 e. The quantitative estimate of drug-likeness (QED) is 0.390. The van der Waals surface area contributed by atoms with Gasteiger partial charge in [-0.3, -0.25) is 9.78 Å². The normalized spacial score (nSPS) is 13.1. The number of thioether (sulfide) groups is 1. The first-order valence-corrected chi connectivity index (χ1v) is 11.2. The van der Waals surface area contributed by atoms with Gasteiger partial charge in [0, 0.05) is 21.7 Å². The molecule has 0 saturated heterocycles. The fourth-order valence-corrected chi connectivity index (χ4v) is 4.39. The van der Waals surface area contributed by atoms with E-state index in [0.29, 0.717) is 27.9 Å². The number of carbonyl (C=O) groups is 2. The molecule has 8 heteroatoms. The van der Waals surface area contributed by atoms with Gasteiger partial charge in [0.1, 0.15) is 0 Å². The third kappa shape index (κ3) is 5.07. The molecule has 0 radical (unpaired) electrons. The van der Waals surface area contributed by atoms with Crippen molar-refractivity contribution in [3.05, 3.63) is 64.8 Å². The third-order valence-electron chi connectivity index (χ3n) is 5.32. The lowest BCUT2D eigenvalue weighted by Gasteiger charge is -2.20. The van der Waals surface area contributed by atoms with Crippen LogP contribution in [0.2, 0.25) is 0 Å². The lowest BCUT2D eigenvalue weighted by atomic mass is 9.89. The van der Waals surface area contributed by atoms with Crippen molar-refractivity contribution in [2.24, 2.45) is 0 Å². The summed E-state index contributed by atoms with van der Waals surface area (Å²) < 4.78 is 30.2. The Hall–Kier alpha value is -3.00. The second-order valence-electron chi connectivity index (χ2n) is 7.67.